The lowest BCUT2D eigenvalue weighted by Crippen LogP contribution is -2.35. The van der Waals surface area contributed by atoms with Gasteiger partial charge in [-0.3, -0.25) is 10.2 Å². The van der Waals surface area contributed by atoms with Crippen molar-refractivity contribution < 1.29 is 4.79 Å². The molecule has 0 saturated carbocycles. The third-order valence-electron chi connectivity index (χ3n) is 5.05. The highest BCUT2D eigenvalue weighted by Gasteiger charge is 2.35. The van der Waals surface area contributed by atoms with Gasteiger partial charge in [0.15, 0.2) is 5.84 Å². The number of benzene rings is 1. The van der Waals surface area contributed by atoms with Gasteiger partial charge in [0.1, 0.15) is 5.04 Å². The number of aryl methyl sites for hydroxylation is 1. The molecule has 2 aliphatic rings. The molecule has 2 aliphatic heterocycles. The first-order valence-electron chi connectivity index (χ1n) is 9.25. The van der Waals surface area contributed by atoms with Crippen LogP contribution in [0.5, 0.6) is 0 Å². The molecule has 1 aromatic heterocycles. The smallest absolute Gasteiger partial charge is 0.283 e. The third-order valence-corrected chi connectivity index (χ3v) is 6.51. The van der Waals surface area contributed by atoms with Gasteiger partial charge in [-0.05, 0) is 74.4 Å². The van der Waals surface area contributed by atoms with E-state index in [1.165, 1.54) is 16.8 Å². The number of hydrogen-bond acceptors (Lipinski definition) is 4. The summed E-state index contributed by atoms with van der Waals surface area (Å²) in [7, 11) is 0. The van der Waals surface area contributed by atoms with Crippen molar-refractivity contribution in [3.63, 3.8) is 0 Å². The molecule has 0 atom stereocenters. The Morgan fingerprint density at radius 1 is 1.28 bits per heavy atom. The molecule has 148 valence electrons. The number of halogens is 1. The van der Waals surface area contributed by atoms with Crippen LogP contribution < -0.4 is 0 Å². The van der Waals surface area contributed by atoms with Crippen molar-refractivity contribution in [2.45, 2.75) is 34.1 Å². The lowest BCUT2D eigenvalue weighted by atomic mass is 10.1. The van der Waals surface area contributed by atoms with Crippen LogP contribution in [0, 0.1) is 26.2 Å². The van der Waals surface area contributed by atoms with E-state index in [1.807, 2.05) is 52.0 Å². The molecule has 3 heterocycles. The molecule has 1 amide bonds. The maximum Gasteiger partial charge on any atom is 0.283 e. The van der Waals surface area contributed by atoms with Crippen molar-refractivity contribution in [1.29, 1.82) is 5.41 Å². The molecule has 4 rings (SSSR count). The van der Waals surface area contributed by atoms with Crippen LogP contribution in [0.25, 0.3) is 11.8 Å². The average Bonchev–Trinajstić information content (AvgIpc) is 3.22. The van der Waals surface area contributed by atoms with Gasteiger partial charge in [-0.2, -0.15) is 15.1 Å². The summed E-state index contributed by atoms with van der Waals surface area (Å²) in [6.07, 6.45) is 2.47. The van der Waals surface area contributed by atoms with E-state index in [4.69, 9.17) is 17.0 Å². The normalized spacial score (nSPS) is 17.7. The van der Waals surface area contributed by atoms with E-state index in [9.17, 15) is 4.79 Å². The Morgan fingerprint density at radius 3 is 2.76 bits per heavy atom. The molecule has 0 spiro atoms. The van der Waals surface area contributed by atoms with Gasteiger partial charge in [-0.15, -0.1) is 0 Å². The number of thioether (sulfide) groups is 1. The molecule has 29 heavy (non-hydrogen) atoms. The molecule has 2 aromatic rings. The number of aliphatic imine (C=N–C) groups is 1. The number of amides is 1. The molecule has 8 heteroatoms. The van der Waals surface area contributed by atoms with Gasteiger partial charge in [0.2, 0.25) is 5.17 Å². The fourth-order valence-electron chi connectivity index (χ4n) is 3.47. The topological polar surface area (TPSA) is 73.8 Å². The van der Waals surface area contributed by atoms with Crippen LogP contribution in [-0.2, 0) is 4.79 Å². The highest BCUT2D eigenvalue weighted by molar-refractivity contribution is 8.26. The van der Waals surface area contributed by atoms with Crippen LogP contribution in [0.1, 0.15) is 35.9 Å². The van der Waals surface area contributed by atoms with E-state index in [2.05, 4.69) is 14.7 Å². The van der Waals surface area contributed by atoms with Crippen molar-refractivity contribution in [2.24, 2.45) is 10.1 Å². The number of rotatable bonds is 3. The molecule has 0 saturated heterocycles. The van der Waals surface area contributed by atoms with Crippen LogP contribution in [0.4, 0.5) is 0 Å². The van der Waals surface area contributed by atoms with Gasteiger partial charge in [0.25, 0.3) is 5.91 Å². The van der Waals surface area contributed by atoms with Gasteiger partial charge in [0, 0.05) is 22.1 Å². The Balaban J connectivity index is 1.78. The second-order valence-corrected chi connectivity index (χ2v) is 8.36. The van der Waals surface area contributed by atoms with Gasteiger partial charge >= 0.3 is 0 Å². The standard InChI is InChI=1S/C21H20ClN5OS/c1-5-18-25-27-19(23)15(20(28)24-21(27)29-18)10-14-9-11(2)26(13(14)4)17-8-6-7-16(22)12(17)3/h6-10,23H,5H2,1-4H3. The van der Waals surface area contributed by atoms with E-state index in [0.29, 0.717) is 10.2 Å². The molecule has 0 fully saturated rings. The predicted molar refractivity (Wildman–Crippen MR) is 120 cm³/mol. The second-order valence-electron chi connectivity index (χ2n) is 6.91. The van der Waals surface area contributed by atoms with Crippen molar-refractivity contribution in [1.82, 2.24) is 9.58 Å². The van der Waals surface area contributed by atoms with Gasteiger partial charge in [-0.1, -0.05) is 24.6 Å². The summed E-state index contributed by atoms with van der Waals surface area (Å²) in [5, 5.41) is 16.3. The van der Waals surface area contributed by atoms with Crippen molar-refractivity contribution in [3.05, 3.63) is 57.4 Å². The first-order chi connectivity index (χ1) is 13.8. The lowest BCUT2D eigenvalue weighted by molar-refractivity contribution is -0.114. The minimum atomic E-state index is -0.412. The van der Waals surface area contributed by atoms with E-state index < -0.39 is 5.91 Å². The minimum Gasteiger partial charge on any atom is -0.318 e. The Labute approximate surface area is 178 Å². The van der Waals surface area contributed by atoms with E-state index in [1.54, 1.807) is 6.08 Å². The molecular formula is C21H20ClN5OS. The monoisotopic (exact) mass is 425 g/mol. The predicted octanol–water partition coefficient (Wildman–Crippen LogP) is 5.09. The lowest BCUT2D eigenvalue weighted by Gasteiger charge is -2.20. The molecule has 0 aliphatic carbocycles. The van der Waals surface area contributed by atoms with E-state index in [-0.39, 0.29) is 11.4 Å². The molecule has 0 unspecified atom stereocenters. The zero-order valence-electron chi connectivity index (χ0n) is 16.6. The number of carbonyl (C=O) groups excluding carboxylic acids is 1. The fourth-order valence-corrected chi connectivity index (χ4v) is 4.47. The highest BCUT2D eigenvalue weighted by atomic mass is 35.5. The summed E-state index contributed by atoms with van der Waals surface area (Å²) in [6.45, 7) is 7.97. The second kappa shape index (κ2) is 7.31. The summed E-state index contributed by atoms with van der Waals surface area (Å²) in [4.78, 5) is 16.7. The Kier molecular flexibility index (Phi) is 4.96. The van der Waals surface area contributed by atoms with Crippen LogP contribution in [0.2, 0.25) is 5.02 Å². The number of carbonyl (C=O) groups is 1. The van der Waals surface area contributed by atoms with Gasteiger partial charge < -0.3 is 4.57 Å². The number of nitrogens with zero attached hydrogens (tertiary/aromatic N) is 4. The first kappa shape index (κ1) is 19.7. The van der Waals surface area contributed by atoms with Gasteiger partial charge in [-0.25, -0.2) is 0 Å². The highest BCUT2D eigenvalue weighted by Crippen LogP contribution is 2.31. The molecule has 1 N–H and O–H groups in total. The van der Waals surface area contributed by atoms with E-state index >= 15 is 0 Å². The number of nitrogens with one attached hydrogen (secondary N) is 1. The van der Waals surface area contributed by atoms with Crippen molar-refractivity contribution >= 4 is 51.4 Å². The summed E-state index contributed by atoms with van der Waals surface area (Å²) in [5.74, 6) is -0.357. The number of amidine groups is 2. The molecule has 0 radical (unpaired) electrons. The molecule has 1 aromatic carbocycles. The largest absolute Gasteiger partial charge is 0.318 e. The SMILES string of the molecule is CCC1=NN2C(=N)C(=Cc3cc(C)n(-c4cccc(Cl)c4C)c3C)C(=O)N=C2S1. The zero-order valence-corrected chi connectivity index (χ0v) is 18.1. The Bertz CT molecular complexity index is 1160. The fraction of sp³-hybridized carbons (Fsp3) is 0.238. The summed E-state index contributed by atoms with van der Waals surface area (Å²) in [6, 6.07) is 7.81. The molecular weight excluding hydrogens is 406 g/mol. The van der Waals surface area contributed by atoms with Crippen molar-refractivity contribution in [2.75, 3.05) is 0 Å². The Morgan fingerprint density at radius 2 is 2.03 bits per heavy atom. The number of aromatic nitrogens is 1. The molecule has 6 nitrogen and oxygen atoms in total. The van der Waals surface area contributed by atoms with Crippen LogP contribution in [0.15, 0.2) is 39.9 Å². The maximum absolute atomic E-state index is 12.6. The minimum absolute atomic E-state index is 0.0553. The van der Waals surface area contributed by atoms with Crippen LogP contribution in [-0.4, -0.2) is 31.5 Å². The first-order valence-corrected chi connectivity index (χ1v) is 10.4. The van der Waals surface area contributed by atoms with Crippen LogP contribution in [0.3, 0.4) is 0 Å². The summed E-state index contributed by atoms with van der Waals surface area (Å²) < 4.78 is 2.11. The summed E-state index contributed by atoms with van der Waals surface area (Å²) >= 11 is 7.65. The number of hydrazone groups is 1. The molecule has 0 bridgehead atoms. The average molecular weight is 426 g/mol. The van der Waals surface area contributed by atoms with Gasteiger partial charge in [0.05, 0.1) is 5.57 Å². The summed E-state index contributed by atoms with van der Waals surface area (Å²) in [5.41, 5.74) is 5.06. The maximum atomic E-state index is 12.6. The van der Waals surface area contributed by atoms with Crippen molar-refractivity contribution in [3.8, 4) is 5.69 Å². The number of fused-ring (bicyclic) bond motifs is 1. The quantitative estimate of drug-likeness (QED) is 0.696. The van der Waals surface area contributed by atoms with Crippen LogP contribution >= 0.6 is 23.4 Å². The zero-order chi connectivity index (χ0) is 20.9. The Hall–Kier alpha value is -2.64. The third kappa shape index (κ3) is 3.24. The number of hydrogen-bond donors (Lipinski definition) is 1. The van der Waals surface area contributed by atoms with E-state index in [0.717, 1.165) is 39.7 Å².